The SMILES string of the molecule is C1=C(c2csc3ccccc23)CCNC1. The van der Waals surface area contributed by atoms with Crippen LogP contribution in [0.3, 0.4) is 0 Å². The highest BCUT2D eigenvalue weighted by molar-refractivity contribution is 7.17. The van der Waals surface area contributed by atoms with Crippen LogP contribution in [0.1, 0.15) is 12.0 Å². The molecule has 1 aromatic heterocycles. The predicted octanol–water partition coefficient (Wildman–Crippen LogP) is 3.28. The molecule has 0 atom stereocenters. The van der Waals surface area contributed by atoms with Gasteiger partial charge in [0.15, 0.2) is 0 Å². The van der Waals surface area contributed by atoms with Crippen molar-refractivity contribution in [3.05, 3.63) is 41.3 Å². The van der Waals surface area contributed by atoms with E-state index in [-0.39, 0.29) is 0 Å². The summed E-state index contributed by atoms with van der Waals surface area (Å²) in [5.74, 6) is 0. The molecule has 0 aliphatic carbocycles. The normalized spacial score (nSPS) is 16.7. The van der Waals surface area contributed by atoms with Gasteiger partial charge in [-0.1, -0.05) is 24.3 Å². The van der Waals surface area contributed by atoms with E-state index in [4.69, 9.17) is 0 Å². The lowest BCUT2D eigenvalue weighted by atomic mass is 10.00. The van der Waals surface area contributed by atoms with Crippen LogP contribution in [0, 0.1) is 0 Å². The van der Waals surface area contributed by atoms with Gasteiger partial charge >= 0.3 is 0 Å². The molecule has 0 radical (unpaired) electrons. The van der Waals surface area contributed by atoms with Crippen molar-refractivity contribution >= 4 is 27.0 Å². The maximum Gasteiger partial charge on any atom is 0.0349 e. The van der Waals surface area contributed by atoms with Crippen molar-refractivity contribution in [3.8, 4) is 0 Å². The fourth-order valence-corrected chi connectivity index (χ4v) is 3.08. The largest absolute Gasteiger partial charge is 0.313 e. The molecule has 0 bridgehead atoms. The molecule has 2 heterocycles. The number of thiophene rings is 1. The van der Waals surface area contributed by atoms with Crippen molar-refractivity contribution in [1.29, 1.82) is 0 Å². The Morgan fingerprint density at radius 2 is 2.13 bits per heavy atom. The Labute approximate surface area is 93.4 Å². The van der Waals surface area contributed by atoms with Crippen molar-refractivity contribution in [3.63, 3.8) is 0 Å². The number of rotatable bonds is 1. The zero-order chi connectivity index (χ0) is 10.1. The van der Waals surface area contributed by atoms with E-state index in [9.17, 15) is 0 Å². The zero-order valence-electron chi connectivity index (χ0n) is 8.49. The van der Waals surface area contributed by atoms with Crippen molar-refractivity contribution < 1.29 is 0 Å². The molecule has 0 fully saturated rings. The van der Waals surface area contributed by atoms with Crippen LogP contribution in [0.2, 0.25) is 0 Å². The highest BCUT2D eigenvalue weighted by Gasteiger charge is 2.10. The lowest BCUT2D eigenvalue weighted by Crippen LogP contribution is -2.19. The zero-order valence-corrected chi connectivity index (χ0v) is 9.31. The first-order valence-corrected chi connectivity index (χ1v) is 6.19. The molecule has 0 saturated carbocycles. The van der Waals surface area contributed by atoms with Crippen LogP contribution in [0.25, 0.3) is 15.7 Å². The quantitative estimate of drug-likeness (QED) is 0.769. The number of hydrogen-bond acceptors (Lipinski definition) is 2. The van der Waals surface area contributed by atoms with E-state index in [2.05, 4.69) is 41.0 Å². The third-order valence-electron chi connectivity index (χ3n) is 2.89. The second-order valence-electron chi connectivity index (χ2n) is 3.83. The summed E-state index contributed by atoms with van der Waals surface area (Å²) in [6.07, 6.45) is 3.47. The molecule has 0 unspecified atom stereocenters. The Kier molecular flexibility index (Phi) is 2.31. The summed E-state index contributed by atoms with van der Waals surface area (Å²) in [5.41, 5.74) is 2.95. The van der Waals surface area contributed by atoms with Crippen molar-refractivity contribution in [1.82, 2.24) is 5.32 Å². The van der Waals surface area contributed by atoms with Crippen LogP contribution < -0.4 is 5.32 Å². The Morgan fingerprint density at radius 3 is 3.00 bits per heavy atom. The average Bonchev–Trinajstić information content (AvgIpc) is 2.74. The van der Waals surface area contributed by atoms with Gasteiger partial charge in [-0.2, -0.15) is 0 Å². The molecule has 1 aromatic carbocycles. The number of nitrogens with one attached hydrogen (secondary N) is 1. The van der Waals surface area contributed by atoms with Gasteiger partial charge in [0.25, 0.3) is 0 Å². The monoisotopic (exact) mass is 215 g/mol. The summed E-state index contributed by atoms with van der Waals surface area (Å²) in [4.78, 5) is 0. The Bertz CT molecular complexity index is 510. The fraction of sp³-hybridized carbons (Fsp3) is 0.231. The van der Waals surface area contributed by atoms with Gasteiger partial charge in [0.1, 0.15) is 0 Å². The van der Waals surface area contributed by atoms with E-state index in [1.165, 1.54) is 21.2 Å². The topological polar surface area (TPSA) is 12.0 Å². The van der Waals surface area contributed by atoms with Crippen LogP contribution in [0.5, 0.6) is 0 Å². The molecule has 2 heteroatoms. The van der Waals surface area contributed by atoms with E-state index in [0.717, 1.165) is 19.5 Å². The average molecular weight is 215 g/mol. The summed E-state index contributed by atoms with van der Waals surface area (Å²) >= 11 is 1.85. The summed E-state index contributed by atoms with van der Waals surface area (Å²) < 4.78 is 1.40. The maximum absolute atomic E-state index is 3.35. The lowest BCUT2D eigenvalue weighted by Gasteiger charge is -2.13. The van der Waals surface area contributed by atoms with E-state index in [1.54, 1.807) is 0 Å². The van der Waals surface area contributed by atoms with E-state index in [0.29, 0.717) is 0 Å². The summed E-state index contributed by atoms with van der Waals surface area (Å²) in [6.45, 7) is 2.12. The molecule has 1 aliphatic rings. The van der Waals surface area contributed by atoms with Gasteiger partial charge in [-0.25, -0.2) is 0 Å². The molecular formula is C13H13NS. The number of hydrogen-bond donors (Lipinski definition) is 1. The second kappa shape index (κ2) is 3.80. The van der Waals surface area contributed by atoms with Crippen molar-refractivity contribution in [2.24, 2.45) is 0 Å². The Morgan fingerprint density at radius 1 is 1.20 bits per heavy atom. The molecule has 1 nitrogen and oxygen atoms in total. The smallest absolute Gasteiger partial charge is 0.0349 e. The third kappa shape index (κ3) is 1.60. The Hall–Kier alpha value is -1.12. The molecule has 1 N–H and O–H groups in total. The molecule has 1 aliphatic heterocycles. The fourth-order valence-electron chi connectivity index (χ4n) is 2.09. The van der Waals surface area contributed by atoms with Crippen LogP contribution in [0.4, 0.5) is 0 Å². The molecule has 0 saturated heterocycles. The summed E-state index contributed by atoms with van der Waals surface area (Å²) in [7, 11) is 0. The minimum absolute atomic E-state index is 1.01. The van der Waals surface area contributed by atoms with Crippen LogP contribution in [-0.2, 0) is 0 Å². The van der Waals surface area contributed by atoms with E-state index < -0.39 is 0 Å². The highest BCUT2D eigenvalue weighted by Crippen LogP contribution is 2.32. The summed E-state index contributed by atoms with van der Waals surface area (Å²) in [5, 5.41) is 7.06. The maximum atomic E-state index is 3.35. The van der Waals surface area contributed by atoms with E-state index in [1.807, 2.05) is 11.3 Å². The molecular weight excluding hydrogens is 202 g/mol. The minimum atomic E-state index is 1.01. The van der Waals surface area contributed by atoms with Crippen molar-refractivity contribution in [2.45, 2.75) is 6.42 Å². The van der Waals surface area contributed by atoms with Gasteiger partial charge in [0.05, 0.1) is 0 Å². The standard InChI is InChI=1S/C13H13NS/c1-2-4-13-11(3-1)12(9-15-13)10-5-7-14-8-6-10/h1-5,9,14H,6-8H2. The highest BCUT2D eigenvalue weighted by atomic mass is 32.1. The minimum Gasteiger partial charge on any atom is -0.313 e. The lowest BCUT2D eigenvalue weighted by molar-refractivity contribution is 0.739. The van der Waals surface area contributed by atoms with Crippen LogP contribution in [-0.4, -0.2) is 13.1 Å². The number of fused-ring (bicyclic) bond motifs is 1. The summed E-state index contributed by atoms with van der Waals surface area (Å²) in [6, 6.07) is 8.66. The first kappa shape index (κ1) is 9.13. The molecule has 0 spiro atoms. The van der Waals surface area contributed by atoms with Crippen molar-refractivity contribution in [2.75, 3.05) is 13.1 Å². The van der Waals surface area contributed by atoms with Gasteiger partial charge in [-0.05, 0) is 40.9 Å². The van der Waals surface area contributed by atoms with Crippen LogP contribution in [0.15, 0.2) is 35.7 Å². The van der Waals surface area contributed by atoms with Gasteiger partial charge < -0.3 is 5.32 Å². The molecule has 76 valence electrons. The first-order chi connectivity index (χ1) is 7.45. The third-order valence-corrected chi connectivity index (χ3v) is 3.85. The first-order valence-electron chi connectivity index (χ1n) is 5.31. The van der Waals surface area contributed by atoms with Crippen LogP contribution >= 0.6 is 11.3 Å². The molecule has 15 heavy (non-hydrogen) atoms. The molecule has 2 aromatic rings. The second-order valence-corrected chi connectivity index (χ2v) is 4.74. The van der Waals surface area contributed by atoms with Gasteiger partial charge in [-0.15, -0.1) is 11.3 Å². The number of benzene rings is 1. The van der Waals surface area contributed by atoms with E-state index >= 15 is 0 Å². The molecule has 0 amide bonds. The Balaban J connectivity index is 2.14. The van der Waals surface area contributed by atoms with Gasteiger partial charge in [0, 0.05) is 11.2 Å². The van der Waals surface area contributed by atoms with Gasteiger partial charge in [0.2, 0.25) is 0 Å². The predicted molar refractivity (Wildman–Crippen MR) is 67.3 cm³/mol. The van der Waals surface area contributed by atoms with Gasteiger partial charge in [-0.3, -0.25) is 0 Å². The molecule has 3 rings (SSSR count).